The van der Waals surface area contributed by atoms with E-state index in [2.05, 4.69) is 155 Å². The van der Waals surface area contributed by atoms with Crippen LogP contribution in [0.25, 0.3) is 86.3 Å². The summed E-state index contributed by atoms with van der Waals surface area (Å²) >= 11 is 1.80. The van der Waals surface area contributed by atoms with E-state index in [0.29, 0.717) is 5.56 Å². The molecule has 0 saturated carbocycles. The molecule has 0 radical (unpaired) electrons. The van der Waals surface area contributed by atoms with Gasteiger partial charge in [0, 0.05) is 48.4 Å². The van der Waals surface area contributed by atoms with Gasteiger partial charge in [-0.3, -0.25) is 0 Å². The molecule has 3 aromatic heterocycles. The van der Waals surface area contributed by atoms with Crippen molar-refractivity contribution in [1.82, 2.24) is 9.13 Å². The fraction of sp³-hybridized carbons (Fsp3) is 0. The molecular weight excluding hydrogens is 591 g/mol. The van der Waals surface area contributed by atoms with E-state index >= 15 is 0 Å². The molecule has 47 heavy (non-hydrogen) atoms. The number of aromatic nitrogens is 2. The lowest BCUT2D eigenvalue weighted by Crippen LogP contribution is -1.94. The van der Waals surface area contributed by atoms with Crippen molar-refractivity contribution in [2.45, 2.75) is 0 Å². The molecule has 218 valence electrons. The zero-order chi connectivity index (χ0) is 31.1. The van der Waals surface area contributed by atoms with Crippen molar-refractivity contribution in [3.63, 3.8) is 0 Å². The molecule has 0 spiro atoms. The lowest BCUT2D eigenvalue weighted by Gasteiger charge is -2.11. The number of hydrogen-bond donors (Lipinski definition) is 0. The van der Waals surface area contributed by atoms with Crippen molar-refractivity contribution in [3.05, 3.63) is 157 Å². The minimum atomic E-state index is 0.691. The van der Waals surface area contributed by atoms with Crippen molar-refractivity contribution < 1.29 is 0 Å². The van der Waals surface area contributed by atoms with E-state index in [4.69, 9.17) is 0 Å². The number of nitriles is 1. The SMILES string of the molecule is N#Cc1ccc2sc3c(ccc4c5ccccc5n(-c5ccc(-c6ccc(-n7c8ccccc8c8ccccc87)cc6)cc5)c43)c2c1. The average Bonchev–Trinajstić information content (AvgIpc) is 3.79. The zero-order valence-corrected chi connectivity index (χ0v) is 26.0. The van der Waals surface area contributed by atoms with E-state index in [-0.39, 0.29) is 0 Å². The Hall–Kier alpha value is -6.15. The predicted octanol–water partition coefficient (Wildman–Crippen LogP) is 11.8. The zero-order valence-electron chi connectivity index (χ0n) is 25.2. The van der Waals surface area contributed by atoms with Gasteiger partial charge in [0.05, 0.1) is 38.4 Å². The Labute approximate surface area is 274 Å². The smallest absolute Gasteiger partial charge is 0.0991 e. The fourth-order valence-corrected chi connectivity index (χ4v) is 8.65. The molecule has 3 nitrogen and oxygen atoms in total. The lowest BCUT2D eigenvalue weighted by molar-refractivity contribution is 1.18. The third-order valence-electron chi connectivity index (χ3n) is 9.57. The first-order chi connectivity index (χ1) is 23.3. The van der Waals surface area contributed by atoms with E-state index < -0.39 is 0 Å². The lowest BCUT2D eigenvalue weighted by atomic mass is 10.0. The topological polar surface area (TPSA) is 33.6 Å². The molecule has 7 aromatic carbocycles. The monoisotopic (exact) mass is 615 g/mol. The number of nitrogens with zero attached hydrogens (tertiary/aromatic N) is 3. The van der Waals surface area contributed by atoms with Crippen LogP contribution >= 0.6 is 11.3 Å². The van der Waals surface area contributed by atoms with Crippen LogP contribution in [-0.4, -0.2) is 9.13 Å². The van der Waals surface area contributed by atoms with Gasteiger partial charge in [0.2, 0.25) is 0 Å². The van der Waals surface area contributed by atoms with Crippen LogP contribution in [0.4, 0.5) is 0 Å². The summed E-state index contributed by atoms with van der Waals surface area (Å²) in [7, 11) is 0. The van der Waals surface area contributed by atoms with Crippen LogP contribution in [0, 0.1) is 11.3 Å². The number of rotatable bonds is 3. The van der Waals surface area contributed by atoms with Crippen molar-refractivity contribution >= 4 is 75.1 Å². The van der Waals surface area contributed by atoms with Crippen LogP contribution < -0.4 is 0 Å². The normalized spacial score (nSPS) is 11.8. The van der Waals surface area contributed by atoms with Gasteiger partial charge in [-0.2, -0.15) is 5.26 Å². The number of fused-ring (bicyclic) bond motifs is 10. The number of benzene rings is 7. The van der Waals surface area contributed by atoms with E-state index in [0.717, 1.165) is 16.8 Å². The maximum atomic E-state index is 9.55. The molecule has 0 aliphatic heterocycles. The standard InChI is InChI=1S/C43H25N3S/c44-26-27-13-24-41-37(25-27)36-23-22-35-34-9-3-6-12-40(34)46(42(35)43(36)47-41)31-20-16-29(17-21-31)28-14-18-30(19-15-28)45-38-10-4-1-7-32(38)33-8-2-5-11-39(33)45/h1-25H. The Morgan fingerprint density at radius 1 is 0.447 bits per heavy atom. The van der Waals surface area contributed by atoms with Gasteiger partial charge in [0.1, 0.15) is 0 Å². The molecule has 0 aliphatic carbocycles. The Bertz CT molecular complexity index is 2840. The van der Waals surface area contributed by atoms with Gasteiger partial charge in [-0.25, -0.2) is 0 Å². The van der Waals surface area contributed by atoms with E-state index in [9.17, 15) is 5.26 Å². The second-order valence-corrected chi connectivity index (χ2v) is 13.1. The third kappa shape index (κ3) is 3.78. The number of hydrogen-bond acceptors (Lipinski definition) is 2. The average molecular weight is 616 g/mol. The van der Waals surface area contributed by atoms with Gasteiger partial charge in [0.25, 0.3) is 0 Å². The third-order valence-corrected chi connectivity index (χ3v) is 10.8. The summed E-state index contributed by atoms with van der Waals surface area (Å²) < 4.78 is 7.20. The number of para-hydroxylation sites is 3. The largest absolute Gasteiger partial charge is 0.309 e. The first-order valence-corrected chi connectivity index (χ1v) is 16.6. The molecule has 0 aliphatic rings. The van der Waals surface area contributed by atoms with Crippen LogP contribution in [0.3, 0.4) is 0 Å². The molecule has 3 heterocycles. The second kappa shape index (κ2) is 9.92. The van der Waals surface area contributed by atoms with E-state index in [1.807, 2.05) is 12.1 Å². The highest BCUT2D eigenvalue weighted by Gasteiger charge is 2.18. The summed E-state index contributed by atoms with van der Waals surface area (Å²) in [4.78, 5) is 0. The Morgan fingerprint density at radius 3 is 1.55 bits per heavy atom. The van der Waals surface area contributed by atoms with Gasteiger partial charge in [-0.1, -0.05) is 91.0 Å². The molecule has 0 saturated heterocycles. The van der Waals surface area contributed by atoms with Crippen LogP contribution in [0.15, 0.2) is 152 Å². The molecule has 0 fully saturated rings. The Kier molecular flexibility index (Phi) is 5.51. The van der Waals surface area contributed by atoms with Crippen LogP contribution in [0.5, 0.6) is 0 Å². The maximum Gasteiger partial charge on any atom is 0.0991 e. The molecule has 10 rings (SSSR count). The van der Waals surface area contributed by atoms with Gasteiger partial charge in [-0.05, 0) is 71.8 Å². The summed E-state index contributed by atoms with van der Waals surface area (Å²) in [6, 6.07) is 56.6. The summed E-state index contributed by atoms with van der Waals surface area (Å²) in [5, 5.41) is 16.9. The van der Waals surface area contributed by atoms with Gasteiger partial charge in [-0.15, -0.1) is 11.3 Å². The minimum absolute atomic E-state index is 0.691. The van der Waals surface area contributed by atoms with Crippen molar-refractivity contribution in [2.75, 3.05) is 0 Å². The molecule has 0 unspecified atom stereocenters. The summed E-state index contributed by atoms with van der Waals surface area (Å²) in [6.07, 6.45) is 0. The highest BCUT2D eigenvalue weighted by Crippen LogP contribution is 2.43. The number of thiophene rings is 1. The molecule has 10 aromatic rings. The highest BCUT2D eigenvalue weighted by atomic mass is 32.1. The maximum absolute atomic E-state index is 9.55. The minimum Gasteiger partial charge on any atom is -0.309 e. The first-order valence-electron chi connectivity index (χ1n) is 15.7. The highest BCUT2D eigenvalue weighted by molar-refractivity contribution is 7.26. The molecule has 0 amide bonds. The fourth-order valence-electron chi connectivity index (χ4n) is 7.43. The Morgan fingerprint density at radius 2 is 0.957 bits per heavy atom. The van der Waals surface area contributed by atoms with Crippen LogP contribution in [0.2, 0.25) is 0 Å². The first kappa shape index (κ1) is 26.1. The van der Waals surface area contributed by atoms with Crippen molar-refractivity contribution in [3.8, 4) is 28.6 Å². The van der Waals surface area contributed by atoms with Gasteiger partial charge >= 0.3 is 0 Å². The van der Waals surface area contributed by atoms with Crippen LogP contribution in [0.1, 0.15) is 5.56 Å². The molecular formula is C43H25N3S. The quantitative estimate of drug-likeness (QED) is 0.195. The second-order valence-electron chi connectivity index (χ2n) is 12.1. The predicted molar refractivity (Wildman–Crippen MR) is 198 cm³/mol. The van der Waals surface area contributed by atoms with Gasteiger partial charge in [0.15, 0.2) is 0 Å². The summed E-state index contributed by atoms with van der Waals surface area (Å²) in [5.74, 6) is 0. The van der Waals surface area contributed by atoms with E-state index in [1.165, 1.54) is 69.5 Å². The van der Waals surface area contributed by atoms with Crippen LogP contribution in [-0.2, 0) is 0 Å². The van der Waals surface area contributed by atoms with Gasteiger partial charge < -0.3 is 9.13 Å². The Balaban J connectivity index is 1.10. The molecule has 0 N–H and O–H groups in total. The van der Waals surface area contributed by atoms with Crippen molar-refractivity contribution in [1.29, 1.82) is 5.26 Å². The summed E-state index contributed by atoms with van der Waals surface area (Å²) in [5.41, 5.74) is 10.2. The molecule has 4 heteroatoms. The molecule has 0 atom stereocenters. The molecule has 0 bridgehead atoms. The van der Waals surface area contributed by atoms with Crippen molar-refractivity contribution in [2.24, 2.45) is 0 Å². The van der Waals surface area contributed by atoms with E-state index in [1.54, 1.807) is 11.3 Å². The summed E-state index contributed by atoms with van der Waals surface area (Å²) in [6.45, 7) is 0.